The van der Waals surface area contributed by atoms with Crippen molar-refractivity contribution < 1.29 is 9.53 Å². The van der Waals surface area contributed by atoms with Crippen molar-refractivity contribution >= 4 is 40.6 Å². The number of pyridine rings is 1. The molecule has 1 amide bonds. The molecule has 1 aliphatic rings. The van der Waals surface area contributed by atoms with Crippen molar-refractivity contribution in [3.63, 3.8) is 0 Å². The van der Waals surface area contributed by atoms with Crippen molar-refractivity contribution in [1.82, 2.24) is 9.61 Å². The summed E-state index contributed by atoms with van der Waals surface area (Å²) in [5.41, 5.74) is 8.52. The number of ether oxygens (including phenoxy) is 1. The summed E-state index contributed by atoms with van der Waals surface area (Å²) in [5.74, 6) is 0.971. The smallest absolute Gasteiger partial charge is 0.415 e. The summed E-state index contributed by atoms with van der Waals surface area (Å²) in [7, 11) is 0. The number of carbonyl (C=O) groups is 1. The molecule has 1 aliphatic carbocycles. The molecule has 8 nitrogen and oxygen atoms in total. The van der Waals surface area contributed by atoms with Gasteiger partial charge in [-0.25, -0.2) is 14.2 Å². The standard InChI is InChI=1S/C26H30N6O2S/c1-4-17(2)34-26(33)31(23-7-5-6-8-24(23)35-3)25-15-21(30-19-11-9-18(28)10-12-19)20(16-27)22-13-14-29-32(22)25/h4-8,13-15,18-19,30H,9-12,28H2,1-3H3/b17-4+. The second-order valence-electron chi connectivity index (χ2n) is 8.56. The Morgan fingerprint density at radius 2 is 2.06 bits per heavy atom. The number of aromatic nitrogens is 2. The normalized spacial score (nSPS) is 18.2. The van der Waals surface area contributed by atoms with E-state index in [0.29, 0.717) is 34.0 Å². The van der Waals surface area contributed by atoms with Crippen molar-refractivity contribution in [2.75, 3.05) is 16.5 Å². The lowest BCUT2D eigenvalue weighted by molar-refractivity contribution is 0.186. The number of allylic oxidation sites excluding steroid dienone is 2. The molecule has 3 aromatic rings. The average molecular weight is 491 g/mol. The minimum absolute atomic E-state index is 0.198. The Morgan fingerprint density at radius 1 is 1.31 bits per heavy atom. The van der Waals surface area contributed by atoms with Gasteiger partial charge in [-0.3, -0.25) is 0 Å². The lowest BCUT2D eigenvalue weighted by Crippen LogP contribution is -2.33. The molecule has 0 aliphatic heterocycles. The third-order valence-corrected chi connectivity index (χ3v) is 7.08. The van der Waals surface area contributed by atoms with Crippen LogP contribution in [0, 0.1) is 11.3 Å². The topological polar surface area (TPSA) is 109 Å². The molecule has 3 N–H and O–H groups in total. The Bertz CT molecular complexity index is 1290. The van der Waals surface area contributed by atoms with Crippen LogP contribution in [0.1, 0.15) is 45.1 Å². The van der Waals surface area contributed by atoms with Crippen molar-refractivity contribution in [2.45, 2.75) is 56.5 Å². The fraction of sp³-hybridized carbons (Fsp3) is 0.346. The van der Waals surface area contributed by atoms with Crippen LogP contribution in [0.5, 0.6) is 0 Å². The van der Waals surface area contributed by atoms with Crippen molar-refractivity contribution in [3.05, 3.63) is 60.0 Å². The zero-order chi connectivity index (χ0) is 24.9. The van der Waals surface area contributed by atoms with Crippen LogP contribution in [0.3, 0.4) is 0 Å². The van der Waals surface area contributed by atoms with Crippen LogP contribution in [-0.4, -0.2) is 34.0 Å². The first-order chi connectivity index (χ1) is 17.0. The third-order valence-electron chi connectivity index (χ3n) is 6.29. The highest BCUT2D eigenvalue weighted by Gasteiger charge is 2.28. The molecule has 0 unspecified atom stereocenters. The van der Waals surface area contributed by atoms with Crippen LogP contribution in [0.2, 0.25) is 0 Å². The van der Waals surface area contributed by atoms with E-state index < -0.39 is 6.09 Å². The Balaban J connectivity index is 1.88. The fourth-order valence-electron chi connectivity index (χ4n) is 4.32. The van der Waals surface area contributed by atoms with Gasteiger partial charge in [-0.15, -0.1) is 11.8 Å². The third kappa shape index (κ3) is 5.14. The summed E-state index contributed by atoms with van der Waals surface area (Å²) in [6.07, 6.45) is 8.48. The van der Waals surface area contributed by atoms with Gasteiger partial charge < -0.3 is 15.8 Å². The Labute approximate surface area is 209 Å². The van der Waals surface area contributed by atoms with Crippen LogP contribution in [0.15, 0.2) is 59.3 Å². The van der Waals surface area contributed by atoms with E-state index in [0.717, 1.165) is 30.6 Å². The van der Waals surface area contributed by atoms with Gasteiger partial charge in [-0.1, -0.05) is 12.1 Å². The van der Waals surface area contributed by atoms with Crippen LogP contribution >= 0.6 is 11.8 Å². The summed E-state index contributed by atoms with van der Waals surface area (Å²) in [4.78, 5) is 16.0. The lowest BCUT2D eigenvalue weighted by atomic mass is 9.91. The molecule has 1 aromatic carbocycles. The maximum atomic E-state index is 13.6. The van der Waals surface area contributed by atoms with Crippen molar-refractivity contribution in [3.8, 4) is 6.07 Å². The van der Waals surface area contributed by atoms with E-state index in [1.807, 2.05) is 43.5 Å². The first-order valence-electron chi connectivity index (χ1n) is 11.7. The molecule has 0 spiro atoms. The first-order valence-corrected chi connectivity index (χ1v) is 12.9. The maximum absolute atomic E-state index is 13.6. The highest BCUT2D eigenvalue weighted by Crippen LogP contribution is 2.38. The predicted octanol–water partition coefficient (Wildman–Crippen LogP) is 5.81. The highest BCUT2D eigenvalue weighted by molar-refractivity contribution is 7.98. The number of nitrogens with two attached hydrogens (primary N) is 1. The van der Waals surface area contributed by atoms with Crippen LogP contribution < -0.4 is 16.0 Å². The van der Waals surface area contributed by atoms with Crippen LogP contribution in [-0.2, 0) is 4.74 Å². The quantitative estimate of drug-likeness (QED) is 0.332. The number of nitrogens with one attached hydrogen (secondary N) is 1. The van der Waals surface area contributed by atoms with E-state index in [2.05, 4.69) is 16.5 Å². The number of thioether (sulfide) groups is 1. The summed E-state index contributed by atoms with van der Waals surface area (Å²) < 4.78 is 7.27. The largest absolute Gasteiger partial charge is 0.425 e. The fourth-order valence-corrected chi connectivity index (χ4v) is 4.90. The summed E-state index contributed by atoms with van der Waals surface area (Å²) in [6, 6.07) is 14.0. The SMILES string of the molecule is C/C=C(\C)OC(=O)N(c1ccccc1SC)c1cc(NC2CCC(N)CC2)c(C#N)c2ccnn12. The van der Waals surface area contributed by atoms with Gasteiger partial charge in [0.2, 0.25) is 0 Å². The van der Waals surface area contributed by atoms with Crippen molar-refractivity contribution in [2.24, 2.45) is 5.73 Å². The molecule has 182 valence electrons. The number of para-hydroxylation sites is 1. The van der Waals surface area contributed by atoms with E-state index in [1.54, 1.807) is 29.8 Å². The summed E-state index contributed by atoms with van der Waals surface area (Å²) >= 11 is 1.53. The number of rotatable bonds is 6. The minimum Gasteiger partial charge on any atom is -0.415 e. The van der Waals surface area contributed by atoms with E-state index in [4.69, 9.17) is 10.5 Å². The van der Waals surface area contributed by atoms with Crippen LogP contribution in [0.25, 0.3) is 5.52 Å². The van der Waals surface area contributed by atoms with Gasteiger partial charge in [-0.05, 0) is 70.1 Å². The van der Waals surface area contributed by atoms with Gasteiger partial charge in [0.05, 0.1) is 23.1 Å². The second-order valence-corrected chi connectivity index (χ2v) is 9.41. The average Bonchev–Trinajstić information content (AvgIpc) is 3.36. The summed E-state index contributed by atoms with van der Waals surface area (Å²) in [5, 5.41) is 18.0. The predicted molar refractivity (Wildman–Crippen MR) is 140 cm³/mol. The highest BCUT2D eigenvalue weighted by atomic mass is 32.2. The molecule has 9 heteroatoms. The lowest BCUT2D eigenvalue weighted by Gasteiger charge is -2.29. The number of fused-ring (bicyclic) bond motifs is 1. The Kier molecular flexibility index (Phi) is 7.63. The molecule has 0 bridgehead atoms. The number of hydrogen-bond donors (Lipinski definition) is 2. The second kappa shape index (κ2) is 10.8. The van der Waals surface area contributed by atoms with E-state index in [-0.39, 0.29) is 12.1 Å². The van der Waals surface area contributed by atoms with E-state index >= 15 is 0 Å². The molecular weight excluding hydrogens is 460 g/mol. The molecule has 2 aromatic heterocycles. The van der Waals surface area contributed by atoms with Crippen LogP contribution in [0.4, 0.5) is 22.0 Å². The first kappa shape index (κ1) is 24.6. The minimum atomic E-state index is -0.557. The number of nitriles is 1. The number of nitrogens with zero attached hydrogens (tertiary/aromatic N) is 4. The van der Waals surface area contributed by atoms with E-state index in [1.165, 1.54) is 16.7 Å². The number of hydrogen-bond acceptors (Lipinski definition) is 7. The number of amides is 1. The van der Waals surface area contributed by atoms with Gasteiger partial charge in [0.1, 0.15) is 23.2 Å². The number of carbonyl (C=O) groups excluding carboxylic acids is 1. The van der Waals surface area contributed by atoms with Gasteiger partial charge in [0.15, 0.2) is 0 Å². The molecule has 2 heterocycles. The number of anilines is 3. The van der Waals surface area contributed by atoms with E-state index in [9.17, 15) is 10.1 Å². The zero-order valence-electron chi connectivity index (χ0n) is 20.2. The molecule has 35 heavy (non-hydrogen) atoms. The summed E-state index contributed by atoms with van der Waals surface area (Å²) in [6.45, 7) is 3.55. The molecular formula is C26H30N6O2S. The molecule has 1 saturated carbocycles. The zero-order valence-corrected chi connectivity index (χ0v) is 21.0. The molecule has 0 saturated heterocycles. The van der Waals surface area contributed by atoms with Gasteiger partial charge in [0.25, 0.3) is 0 Å². The molecule has 0 radical (unpaired) electrons. The number of benzene rings is 1. The Hall–Kier alpha value is -3.48. The van der Waals surface area contributed by atoms with Gasteiger partial charge in [0, 0.05) is 23.0 Å². The molecule has 4 rings (SSSR count). The molecule has 0 atom stereocenters. The van der Waals surface area contributed by atoms with Crippen molar-refractivity contribution in [1.29, 1.82) is 5.26 Å². The molecule has 1 fully saturated rings. The monoisotopic (exact) mass is 490 g/mol. The van der Waals surface area contributed by atoms with Gasteiger partial charge in [-0.2, -0.15) is 10.4 Å². The Morgan fingerprint density at radius 3 is 2.74 bits per heavy atom. The van der Waals surface area contributed by atoms with Gasteiger partial charge >= 0.3 is 6.09 Å². The maximum Gasteiger partial charge on any atom is 0.425 e.